The first-order valence-electron chi connectivity index (χ1n) is 15.0. The Morgan fingerprint density at radius 2 is 1.92 bits per heavy atom. The fourth-order valence-corrected chi connectivity index (χ4v) is 6.22. The maximum Gasteiger partial charge on any atom is 0.355 e. The summed E-state index contributed by atoms with van der Waals surface area (Å²) in [5.74, 6) is -3.96. The van der Waals surface area contributed by atoms with Crippen LogP contribution in [0.2, 0.25) is 0 Å². The smallest absolute Gasteiger partial charge is 0.355 e. The van der Waals surface area contributed by atoms with E-state index >= 15 is 0 Å². The number of rotatable bonds is 11. The number of cyclic esters (lactones) is 1. The summed E-state index contributed by atoms with van der Waals surface area (Å²) in [7, 11) is -0.225. The Labute approximate surface area is 275 Å². The average Bonchev–Trinajstić information content (AvgIpc) is 3.38. The van der Waals surface area contributed by atoms with E-state index in [-0.39, 0.29) is 36.4 Å². The van der Waals surface area contributed by atoms with Crippen molar-refractivity contribution in [3.63, 3.8) is 0 Å². The lowest BCUT2D eigenvalue weighted by Crippen LogP contribution is -2.48. The molecule has 0 aliphatic carbocycles. The molecule has 1 unspecified atom stereocenters. The van der Waals surface area contributed by atoms with E-state index in [4.69, 9.17) is 23.7 Å². The van der Waals surface area contributed by atoms with Gasteiger partial charge >= 0.3 is 28.0 Å². The van der Waals surface area contributed by atoms with Gasteiger partial charge in [0.1, 0.15) is 18.9 Å². The van der Waals surface area contributed by atoms with Crippen molar-refractivity contribution in [2.75, 3.05) is 20.6 Å². The number of nitrogens with zero attached hydrogens (tertiary/aromatic N) is 3. The lowest BCUT2D eigenvalue weighted by molar-refractivity contribution is -0.189. The number of aromatic nitrogens is 2. The molecule has 3 aromatic rings. The molecule has 16 heteroatoms. The first-order valence-corrected chi connectivity index (χ1v) is 16.4. The van der Waals surface area contributed by atoms with E-state index in [1.165, 1.54) is 18.4 Å². The number of hydrogen-bond donors (Lipinski definition) is 2. The van der Waals surface area contributed by atoms with E-state index in [2.05, 4.69) is 5.32 Å². The number of aliphatic carboxylic acids is 1. The summed E-state index contributed by atoms with van der Waals surface area (Å²) in [6.07, 6.45) is 1.21. The van der Waals surface area contributed by atoms with Crippen molar-refractivity contribution in [3.05, 3.63) is 69.0 Å². The standard InChI is InChI=1S/C32H34N4O11S/c1-6-32(46-28(40)13-33-26(37)9-10-27(38)39)22-12-24-29-18(14-36(24)30(41)21(22)16-45-31(32)42)11-19-20(15-35(4)5)25(8-7-23(19)34-29)47-48(43,44)17(2)3/h7-12,17H,6,13-16H2,1-5H3,(H,33,37)(H,38,39)/b10-9-. The van der Waals surface area contributed by atoms with E-state index < -0.39 is 56.9 Å². The van der Waals surface area contributed by atoms with Crippen LogP contribution in [0.5, 0.6) is 5.75 Å². The fraction of sp³-hybridized carbons (Fsp3) is 0.375. The fourth-order valence-electron chi connectivity index (χ4n) is 5.62. The number of pyridine rings is 2. The van der Waals surface area contributed by atoms with Crippen LogP contribution < -0.4 is 15.1 Å². The lowest BCUT2D eigenvalue weighted by atomic mass is 9.85. The Hall–Kier alpha value is -5.09. The monoisotopic (exact) mass is 682 g/mol. The van der Waals surface area contributed by atoms with Crippen LogP contribution in [0.1, 0.15) is 49.4 Å². The van der Waals surface area contributed by atoms with Crippen molar-refractivity contribution in [2.45, 2.75) is 57.7 Å². The zero-order valence-electron chi connectivity index (χ0n) is 26.9. The van der Waals surface area contributed by atoms with Crippen molar-refractivity contribution in [3.8, 4) is 17.1 Å². The summed E-state index contributed by atoms with van der Waals surface area (Å²) in [6.45, 7) is 4.05. The Balaban J connectivity index is 1.57. The van der Waals surface area contributed by atoms with E-state index in [1.54, 1.807) is 25.1 Å². The predicted molar refractivity (Wildman–Crippen MR) is 170 cm³/mol. The highest BCUT2D eigenvalue weighted by Crippen LogP contribution is 2.42. The summed E-state index contributed by atoms with van der Waals surface area (Å²) >= 11 is 0. The predicted octanol–water partition coefficient (Wildman–Crippen LogP) is 1.57. The van der Waals surface area contributed by atoms with Crippen LogP contribution in [0.25, 0.3) is 22.3 Å². The molecule has 1 atom stereocenters. The molecular weight excluding hydrogens is 648 g/mol. The maximum absolute atomic E-state index is 13.9. The molecule has 0 radical (unpaired) electrons. The number of benzene rings is 1. The molecule has 15 nitrogen and oxygen atoms in total. The lowest BCUT2D eigenvalue weighted by Gasteiger charge is -2.35. The second kappa shape index (κ2) is 12.8. The summed E-state index contributed by atoms with van der Waals surface area (Å²) in [5, 5.41) is 10.7. The van der Waals surface area contributed by atoms with Crippen LogP contribution in [-0.2, 0) is 64.1 Å². The third-order valence-electron chi connectivity index (χ3n) is 8.06. The maximum atomic E-state index is 13.9. The summed E-state index contributed by atoms with van der Waals surface area (Å²) in [6, 6.07) is 6.60. The van der Waals surface area contributed by atoms with Gasteiger partial charge in [0.15, 0.2) is 0 Å². The van der Waals surface area contributed by atoms with E-state index in [0.717, 1.165) is 6.08 Å². The van der Waals surface area contributed by atoms with Gasteiger partial charge < -0.3 is 33.5 Å². The molecule has 0 bridgehead atoms. The van der Waals surface area contributed by atoms with Gasteiger partial charge in [0, 0.05) is 40.8 Å². The number of carbonyl (C=O) groups excluding carboxylic acids is 3. The minimum Gasteiger partial charge on any atom is -0.478 e. The Morgan fingerprint density at radius 3 is 2.56 bits per heavy atom. The first kappa shape index (κ1) is 34.3. The second-order valence-electron chi connectivity index (χ2n) is 11.9. The molecule has 0 saturated carbocycles. The van der Waals surface area contributed by atoms with Gasteiger partial charge in [0.05, 0.1) is 34.3 Å². The molecule has 2 aliphatic rings. The van der Waals surface area contributed by atoms with Crippen LogP contribution in [0, 0.1) is 0 Å². The Kier molecular flexibility index (Phi) is 9.16. The molecule has 254 valence electrons. The minimum absolute atomic E-state index is 0.103. The molecular formula is C32H34N4O11S. The molecule has 0 saturated heterocycles. The number of carboxylic acids is 1. The SMILES string of the molecule is CCC1(OC(=O)CNC(=O)/C=C\C(=O)O)C(=O)OCc2c1cc1n(c2=O)Cc2cc3c(CN(C)C)c(OS(=O)(=O)C(C)C)ccc3nc2-1. The molecule has 1 aromatic carbocycles. The zero-order chi connectivity index (χ0) is 35.1. The average molecular weight is 683 g/mol. The number of amides is 1. The van der Waals surface area contributed by atoms with E-state index in [9.17, 15) is 32.4 Å². The molecule has 48 heavy (non-hydrogen) atoms. The zero-order valence-corrected chi connectivity index (χ0v) is 27.7. The highest BCUT2D eigenvalue weighted by Gasteiger charge is 2.50. The van der Waals surface area contributed by atoms with Gasteiger partial charge in [-0.05, 0) is 58.6 Å². The third-order valence-corrected chi connectivity index (χ3v) is 9.62. The molecule has 1 amide bonds. The number of fused-ring (bicyclic) bond motifs is 5. The van der Waals surface area contributed by atoms with E-state index in [0.29, 0.717) is 46.0 Å². The van der Waals surface area contributed by atoms with Gasteiger partial charge in [0.2, 0.25) is 11.5 Å². The quantitative estimate of drug-likeness (QED) is 0.131. The molecule has 0 fully saturated rings. The van der Waals surface area contributed by atoms with E-state index in [1.807, 2.05) is 25.1 Å². The van der Waals surface area contributed by atoms with Gasteiger partial charge in [-0.1, -0.05) is 6.92 Å². The van der Waals surface area contributed by atoms with Crippen LogP contribution in [0.15, 0.2) is 41.2 Å². The summed E-state index contributed by atoms with van der Waals surface area (Å²) < 4.78 is 43.3. The van der Waals surface area contributed by atoms with Gasteiger partial charge in [-0.2, -0.15) is 8.42 Å². The highest BCUT2D eigenvalue weighted by atomic mass is 32.2. The molecule has 4 heterocycles. The van der Waals surface area contributed by atoms with Gasteiger partial charge in [-0.3, -0.25) is 14.4 Å². The number of nitrogens with one attached hydrogen (secondary N) is 1. The third kappa shape index (κ3) is 6.27. The normalized spacial score (nSPS) is 16.9. The van der Waals surface area contributed by atoms with Crippen molar-refractivity contribution >= 4 is 44.8 Å². The van der Waals surface area contributed by atoms with Crippen molar-refractivity contribution in [2.24, 2.45) is 0 Å². The summed E-state index contributed by atoms with van der Waals surface area (Å²) in [4.78, 5) is 69.2. The van der Waals surface area contributed by atoms with Crippen molar-refractivity contribution < 1.29 is 46.4 Å². The Bertz CT molecular complexity index is 2070. The van der Waals surface area contributed by atoms with Gasteiger partial charge in [-0.25, -0.2) is 14.6 Å². The molecule has 5 rings (SSSR count). The first-order chi connectivity index (χ1) is 22.6. The number of hydrogen-bond acceptors (Lipinski definition) is 12. The van der Waals surface area contributed by atoms with Crippen molar-refractivity contribution in [1.29, 1.82) is 0 Å². The summed E-state index contributed by atoms with van der Waals surface area (Å²) in [5.41, 5.74) is 0.369. The number of ether oxygens (including phenoxy) is 2. The van der Waals surface area contributed by atoms with Gasteiger partial charge in [-0.15, -0.1) is 0 Å². The highest BCUT2D eigenvalue weighted by molar-refractivity contribution is 7.87. The Morgan fingerprint density at radius 1 is 1.19 bits per heavy atom. The minimum atomic E-state index is -3.89. The van der Waals surface area contributed by atoms with Crippen LogP contribution in [0.4, 0.5) is 0 Å². The van der Waals surface area contributed by atoms with Crippen molar-refractivity contribution in [1.82, 2.24) is 19.8 Å². The van der Waals surface area contributed by atoms with Crippen LogP contribution in [0.3, 0.4) is 0 Å². The number of carbonyl (C=O) groups is 4. The molecule has 2 aliphatic heterocycles. The van der Waals surface area contributed by atoms with Gasteiger partial charge in [0.25, 0.3) is 5.56 Å². The molecule has 0 spiro atoms. The van der Waals surface area contributed by atoms with Crippen LogP contribution >= 0.6 is 0 Å². The van der Waals surface area contributed by atoms with Crippen LogP contribution in [-0.4, -0.2) is 77.7 Å². The largest absolute Gasteiger partial charge is 0.478 e. The second-order valence-corrected chi connectivity index (χ2v) is 14.0. The topological polar surface area (TPSA) is 200 Å². The molecule has 2 N–H and O–H groups in total. The molecule has 2 aromatic heterocycles. The number of esters is 2. The number of carboxylic acid groups (broad SMARTS) is 1.